The molecule has 8 heteroatoms. The van der Waals surface area contributed by atoms with Crippen molar-refractivity contribution >= 4 is 22.3 Å². The zero-order valence-electron chi connectivity index (χ0n) is 18.0. The molecule has 2 rings (SSSR count). The van der Waals surface area contributed by atoms with Gasteiger partial charge >= 0.3 is 5.97 Å². The summed E-state index contributed by atoms with van der Waals surface area (Å²) in [6, 6.07) is 8.82. The highest BCUT2D eigenvalue weighted by Gasteiger charge is 2.40. The topological polar surface area (TPSA) is 91.3 Å². The van der Waals surface area contributed by atoms with Crippen molar-refractivity contribution in [1.29, 1.82) is 0 Å². The van der Waals surface area contributed by atoms with Crippen LogP contribution in [-0.4, -0.2) is 57.8 Å². The molecule has 0 aliphatic heterocycles. The number of aliphatic imine (C=N–C) groups is 1. The number of rotatable bonds is 10. The van der Waals surface area contributed by atoms with Crippen molar-refractivity contribution in [2.75, 3.05) is 12.9 Å². The second-order valence-electron chi connectivity index (χ2n) is 7.18. The fraction of sp³-hybridized carbons (Fsp3) is 0.545. The molecule has 166 valence electrons. The maximum absolute atomic E-state index is 12.4. The highest BCUT2D eigenvalue weighted by molar-refractivity contribution is 7.86. The minimum absolute atomic E-state index is 0.0998. The van der Waals surface area contributed by atoms with E-state index in [1.165, 1.54) is 0 Å². The molecule has 3 atom stereocenters. The van der Waals surface area contributed by atoms with Gasteiger partial charge in [-0.25, -0.2) is 4.79 Å². The molecular formula is C22H31NO6S. The predicted octanol–water partition coefficient (Wildman–Crippen LogP) is 3.29. The van der Waals surface area contributed by atoms with Crippen LogP contribution in [0.4, 0.5) is 0 Å². The van der Waals surface area contributed by atoms with Gasteiger partial charge in [0.25, 0.3) is 10.1 Å². The van der Waals surface area contributed by atoms with Gasteiger partial charge in [-0.15, -0.1) is 0 Å². The van der Waals surface area contributed by atoms with E-state index in [-0.39, 0.29) is 19.1 Å². The lowest BCUT2D eigenvalue weighted by Gasteiger charge is -2.35. The summed E-state index contributed by atoms with van der Waals surface area (Å²) in [5, 5.41) is 0. The Bertz CT molecular complexity index is 846. The van der Waals surface area contributed by atoms with Crippen LogP contribution < -0.4 is 0 Å². The summed E-state index contributed by atoms with van der Waals surface area (Å²) < 4.78 is 40.6. The lowest BCUT2D eigenvalue weighted by molar-refractivity contribution is -0.139. The molecule has 0 N–H and O–H groups in total. The molecule has 0 bridgehead atoms. The Balaban J connectivity index is 2.42. The number of nitrogens with zero attached hydrogens (tertiary/aromatic N) is 1. The van der Waals surface area contributed by atoms with E-state index in [4.69, 9.17) is 13.7 Å². The van der Waals surface area contributed by atoms with Crippen LogP contribution >= 0.6 is 0 Å². The molecule has 0 amide bonds. The van der Waals surface area contributed by atoms with E-state index in [2.05, 4.69) is 4.99 Å². The number of esters is 1. The third-order valence-electron chi connectivity index (χ3n) is 4.80. The van der Waals surface area contributed by atoms with Crippen molar-refractivity contribution in [3.63, 3.8) is 0 Å². The van der Waals surface area contributed by atoms with E-state index >= 15 is 0 Å². The Morgan fingerprint density at radius 1 is 1.20 bits per heavy atom. The van der Waals surface area contributed by atoms with Crippen molar-refractivity contribution in [1.82, 2.24) is 0 Å². The Labute approximate surface area is 179 Å². The van der Waals surface area contributed by atoms with Gasteiger partial charge in [0.05, 0.1) is 25.0 Å². The molecule has 0 aromatic heterocycles. The van der Waals surface area contributed by atoms with Gasteiger partial charge in [-0.3, -0.25) is 9.18 Å². The molecule has 1 aromatic rings. The molecule has 1 aromatic carbocycles. The van der Waals surface area contributed by atoms with E-state index in [0.29, 0.717) is 5.57 Å². The van der Waals surface area contributed by atoms with Crippen LogP contribution in [0.1, 0.15) is 45.6 Å². The largest absolute Gasteiger partial charge is 0.463 e. The lowest BCUT2D eigenvalue weighted by Crippen LogP contribution is -2.46. The molecule has 0 saturated heterocycles. The fourth-order valence-electron chi connectivity index (χ4n) is 3.30. The average Bonchev–Trinajstić information content (AvgIpc) is 2.71. The van der Waals surface area contributed by atoms with E-state index in [9.17, 15) is 13.2 Å². The first-order chi connectivity index (χ1) is 14.3. The first-order valence-corrected chi connectivity index (χ1v) is 12.1. The van der Waals surface area contributed by atoms with Crippen molar-refractivity contribution in [2.24, 2.45) is 4.99 Å². The molecule has 30 heavy (non-hydrogen) atoms. The molecular weight excluding hydrogens is 406 g/mol. The Hall–Kier alpha value is -2.03. The first-order valence-electron chi connectivity index (χ1n) is 10.3. The molecule has 0 fully saturated rings. The number of hydrogen-bond acceptors (Lipinski definition) is 7. The Kier molecular flexibility index (Phi) is 9.20. The maximum atomic E-state index is 12.4. The van der Waals surface area contributed by atoms with E-state index in [1.807, 2.05) is 44.2 Å². The maximum Gasteiger partial charge on any atom is 0.333 e. The standard InChI is InChI=1S/C22H31NO6S/c1-5-18(6-2)28-20-14-17(22(24)27-7-3)13-19(21(20)29-30(4,25)26)23-15-16-11-9-8-10-12-16/h8-12,14-15,18-21H,5-7,13H2,1-4H3/t19-,20-,21+/m1/s1. The van der Waals surface area contributed by atoms with Crippen LogP contribution in [0.2, 0.25) is 0 Å². The lowest BCUT2D eigenvalue weighted by atomic mass is 9.90. The summed E-state index contributed by atoms with van der Waals surface area (Å²) in [6.07, 6.45) is 4.27. The van der Waals surface area contributed by atoms with Gasteiger partial charge in [-0.1, -0.05) is 44.2 Å². The highest BCUT2D eigenvalue weighted by atomic mass is 32.2. The number of ether oxygens (including phenoxy) is 2. The highest BCUT2D eigenvalue weighted by Crippen LogP contribution is 2.30. The van der Waals surface area contributed by atoms with E-state index < -0.39 is 34.3 Å². The molecule has 0 unspecified atom stereocenters. The van der Waals surface area contributed by atoms with Crippen LogP contribution in [0.5, 0.6) is 0 Å². The van der Waals surface area contributed by atoms with Crippen molar-refractivity contribution in [3.05, 3.63) is 47.5 Å². The van der Waals surface area contributed by atoms with Crippen LogP contribution in [-0.2, 0) is 28.6 Å². The quantitative estimate of drug-likeness (QED) is 0.317. The van der Waals surface area contributed by atoms with Crippen LogP contribution in [0.3, 0.4) is 0 Å². The molecule has 0 spiro atoms. The Morgan fingerprint density at radius 2 is 1.87 bits per heavy atom. The summed E-state index contributed by atoms with van der Waals surface area (Å²) in [6.45, 7) is 5.96. The minimum atomic E-state index is -3.77. The smallest absolute Gasteiger partial charge is 0.333 e. The van der Waals surface area contributed by atoms with E-state index in [1.54, 1.807) is 19.2 Å². The minimum Gasteiger partial charge on any atom is -0.463 e. The zero-order valence-corrected chi connectivity index (χ0v) is 18.8. The van der Waals surface area contributed by atoms with Gasteiger partial charge in [0, 0.05) is 18.2 Å². The number of carbonyl (C=O) groups is 1. The molecule has 1 aliphatic carbocycles. The molecule has 1 aliphatic rings. The number of benzene rings is 1. The van der Waals surface area contributed by atoms with Gasteiger partial charge in [0.2, 0.25) is 0 Å². The van der Waals surface area contributed by atoms with Crippen molar-refractivity contribution in [3.8, 4) is 0 Å². The number of hydrogen-bond donors (Lipinski definition) is 0. The van der Waals surface area contributed by atoms with Crippen molar-refractivity contribution in [2.45, 2.75) is 64.4 Å². The van der Waals surface area contributed by atoms with Crippen LogP contribution in [0.15, 0.2) is 47.0 Å². The molecule has 0 saturated carbocycles. The summed E-state index contributed by atoms with van der Waals surface area (Å²) in [5.74, 6) is -0.451. The van der Waals surface area contributed by atoms with E-state index in [0.717, 1.165) is 24.7 Å². The van der Waals surface area contributed by atoms with Gasteiger partial charge in [0.1, 0.15) is 12.2 Å². The van der Waals surface area contributed by atoms with Gasteiger partial charge in [0.15, 0.2) is 0 Å². The molecule has 0 heterocycles. The summed E-state index contributed by atoms with van der Waals surface area (Å²) in [5.41, 5.74) is 1.27. The second-order valence-corrected chi connectivity index (χ2v) is 8.78. The third kappa shape index (κ3) is 7.34. The second kappa shape index (κ2) is 11.4. The number of carbonyl (C=O) groups excluding carboxylic acids is 1. The summed E-state index contributed by atoms with van der Waals surface area (Å²) in [4.78, 5) is 17.0. The Morgan fingerprint density at radius 3 is 2.43 bits per heavy atom. The zero-order chi connectivity index (χ0) is 22.1. The van der Waals surface area contributed by atoms with Gasteiger partial charge in [-0.05, 0) is 31.4 Å². The van der Waals surface area contributed by atoms with Crippen LogP contribution in [0, 0.1) is 0 Å². The fourth-order valence-corrected chi connectivity index (χ4v) is 3.94. The van der Waals surface area contributed by atoms with Crippen LogP contribution in [0.25, 0.3) is 0 Å². The predicted molar refractivity (Wildman–Crippen MR) is 116 cm³/mol. The van der Waals surface area contributed by atoms with Crippen molar-refractivity contribution < 1.29 is 26.9 Å². The molecule has 0 radical (unpaired) electrons. The van der Waals surface area contributed by atoms with Gasteiger partial charge < -0.3 is 9.47 Å². The summed E-state index contributed by atoms with van der Waals surface area (Å²) >= 11 is 0. The third-order valence-corrected chi connectivity index (χ3v) is 5.37. The monoisotopic (exact) mass is 437 g/mol. The first kappa shape index (κ1) is 24.2. The molecule has 7 nitrogen and oxygen atoms in total. The normalized spacial score (nSPS) is 22.3. The van der Waals surface area contributed by atoms with Gasteiger partial charge in [-0.2, -0.15) is 8.42 Å². The summed E-state index contributed by atoms with van der Waals surface area (Å²) in [7, 11) is -3.77. The SMILES string of the molecule is CCOC(=O)C1=C[C@@H](OC(CC)CC)[C@@H](OS(C)(=O)=O)[C@H](N=Cc2ccccc2)C1. The average molecular weight is 438 g/mol.